The van der Waals surface area contributed by atoms with E-state index in [4.69, 9.17) is 0 Å². The maximum absolute atomic E-state index is 3.82. The highest BCUT2D eigenvalue weighted by Crippen LogP contribution is 2.32. The summed E-state index contributed by atoms with van der Waals surface area (Å²) < 4.78 is 0. The molecule has 0 bridgehead atoms. The maximum atomic E-state index is 3.82. The van der Waals surface area contributed by atoms with Crippen molar-refractivity contribution in [2.75, 3.05) is 13.1 Å². The third kappa shape index (κ3) is 0.698. The van der Waals surface area contributed by atoms with Gasteiger partial charge in [0.25, 0.3) is 0 Å². The van der Waals surface area contributed by atoms with Crippen LogP contribution < -0.4 is 0 Å². The highest BCUT2D eigenvalue weighted by atomic mass is 15.2. The average Bonchev–Trinajstić information content (AvgIpc) is 1.91. The second-order valence-electron chi connectivity index (χ2n) is 3.02. The van der Waals surface area contributed by atoms with Gasteiger partial charge in [0.05, 0.1) is 0 Å². The van der Waals surface area contributed by atoms with Gasteiger partial charge in [0, 0.05) is 25.2 Å². The van der Waals surface area contributed by atoms with Crippen LogP contribution in [0.4, 0.5) is 0 Å². The zero-order chi connectivity index (χ0) is 6.97. The number of hydrogen-bond acceptors (Lipinski definition) is 1. The van der Waals surface area contributed by atoms with E-state index < -0.39 is 0 Å². The summed E-state index contributed by atoms with van der Waals surface area (Å²) in [5.41, 5.74) is 3.07. The van der Waals surface area contributed by atoms with E-state index in [2.05, 4.69) is 11.5 Å². The number of nitrogens with zero attached hydrogens (tertiary/aromatic N) is 1. The molecule has 2 heterocycles. The minimum Gasteiger partial charge on any atom is -0.374 e. The van der Waals surface area contributed by atoms with Crippen molar-refractivity contribution < 1.29 is 0 Å². The number of hydrogen-bond donors (Lipinski definition) is 0. The zero-order valence-corrected chi connectivity index (χ0v) is 6.27. The van der Waals surface area contributed by atoms with Crippen LogP contribution in [-0.2, 0) is 0 Å². The Morgan fingerprint density at radius 3 is 2.70 bits per heavy atom. The molecular formula is C9H13N. The second kappa shape index (κ2) is 2.15. The Labute approximate surface area is 62.0 Å². The second-order valence-corrected chi connectivity index (χ2v) is 3.02. The Bertz CT molecular complexity index is 191. The zero-order valence-electron chi connectivity index (χ0n) is 6.27. The molecule has 1 heteroatoms. The number of fused-ring (bicyclic) bond motifs is 1. The van der Waals surface area contributed by atoms with Crippen LogP contribution in [0.5, 0.6) is 0 Å². The van der Waals surface area contributed by atoms with Gasteiger partial charge < -0.3 is 4.90 Å². The molecule has 0 aliphatic carbocycles. The summed E-state index contributed by atoms with van der Waals surface area (Å²) in [5, 5.41) is 0. The van der Waals surface area contributed by atoms with Gasteiger partial charge in [0.15, 0.2) is 0 Å². The van der Waals surface area contributed by atoms with Crippen LogP contribution in [0.3, 0.4) is 0 Å². The highest BCUT2D eigenvalue weighted by Gasteiger charge is 2.24. The largest absolute Gasteiger partial charge is 0.374 e. The van der Waals surface area contributed by atoms with E-state index in [1.165, 1.54) is 37.9 Å². The molecule has 0 saturated carbocycles. The molecule has 2 aliphatic rings. The van der Waals surface area contributed by atoms with E-state index in [-0.39, 0.29) is 0 Å². The van der Waals surface area contributed by atoms with Crippen LogP contribution in [0.2, 0.25) is 0 Å². The van der Waals surface area contributed by atoms with Gasteiger partial charge in [-0.15, -0.1) is 0 Å². The minimum atomic E-state index is 1.26. The van der Waals surface area contributed by atoms with Crippen molar-refractivity contribution in [3.8, 4) is 0 Å². The van der Waals surface area contributed by atoms with Crippen molar-refractivity contribution in [3.05, 3.63) is 23.9 Å². The van der Waals surface area contributed by atoms with E-state index in [0.717, 1.165) is 0 Å². The lowest BCUT2D eigenvalue weighted by Gasteiger charge is -2.41. The molecule has 2 aliphatic heterocycles. The summed E-state index contributed by atoms with van der Waals surface area (Å²) in [6.07, 6.45) is 5.90. The topological polar surface area (TPSA) is 3.24 Å². The van der Waals surface area contributed by atoms with Gasteiger partial charge in [-0.05, 0) is 18.4 Å². The van der Waals surface area contributed by atoms with E-state index in [1.54, 1.807) is 5.70 Å². The lowest BCUT2D eigenvalue weighted by atomic mass is 9.95. The first-order valence-corrected chi connectivity index (χ1v) is 4.01. The van der Waals surface area contributed by atoms with Gasteiger partial charge in [-0.3, -0.25) is 0 Å². The SMILES string of the molecule is C=CC1=C2CCN2CCC1. The molecule has 1 nitrogen and oxygen atoms in total. The third-order valence-electron chi connectivity index (χ3n) is 2.49. The van der Waals surface area contributed by atoms with Crippen LogP contribution in [0, 0.1) is 0 Å². The third-order valence-corrected chi connectivity index (χ3v) is 2.49. The molecule has 0 unspecified atom stereocenters. The molecule has 0 aromatic heterocycles. The molecule has 0 atom stereocenters. The van der Waals surface area contributed by atoms with Crippen molar-refractivity contribution in [3.63, 3.8) is 0 Å². The normalized spacial score (nSPS) is 23.8. The highest BCUT2D eigenvalue weighted by molar-refractivity contribution is 5.29. The first-order valence-electron chi connectivity index (χ1n) is 4.01. The van der Waals surface area contributed by atoms with Crippen molar-refractivity contribution >= 4 is 0 Å². The quantitative estimate of drug-likeness (QED) is 0.531. The van der Waals surface area contributed by atoms with Crippen molar-refractivity contribution in [1.29, 1.82) is 0 Å². The van der Waals surface area contributed by atoms with E-state index >= 15 is 0 Å². The standard InChI is InChI=1S/C9H13N/c1-2-8-4-3-6-10-7-5-9(8)10/h2H,1,3-7H2. The molecule has 0 radical (unpaired) electrons. The van der Waals surface area contributed by atoms with Gasteiger partial charge in [-0.25, -0.2) is 0 Å². The van der Waals surface area contributed by atoms with Gasteiger partial charge in [0.2, 0.25) is 0 Å². The van der Waals surface area contributed by atoms with Gasteiger partial charge >= 0.3 is 0 Å². The van der Waals surface area contributed by atoms with Crippen molar-refractivity contribution in [2.45, 2.75) is 19.3 Å². The van der Waals surface area contributed by atoms with Crippen LogP contribution in [0.25, 0.3) is 0 Å². The average molecular weight is 135 g/mol. The van der Waals surface area contributed by atoms with E-state index in [1.807, 2.05) is 6.08 Å². The Kier molecular flexibility index (Phi) is 1.30. The monoisotopic (exact) mass is 135 g/mol. The summed E-state index contributed by atoms with van der Waals surface area (Å²) in [5.74, 6) is 0. The molecular weight excluding hydrogens is 122 g/mol. The smallest absolute Gasteiger partial charge is 0.0229 e. The van der Waals surface area contributed by atoms with Gasteiger partial charge in [0.1, 0.15) is 0 Å². The first-order chi connectivity index (χ1) is 4.92. The van der Waals surface area contributed by atoms with Crippen LogP contribution in [0.15, 0.2) is 23.9 Å². The van der Waals surface area contributed by atoms with Crippen LogP contribution in [0.1, 0.15) is 19.3 Å². The molecule has 1 fully saturated rings. The Balaban J connectivity index is 2.25. The molecule has 0 spiro atoms. The molecule has 10 heavy (non-hydrogen) atoms. The first kappa shape index (κ1) is 6.02. The molecule has 0 amide bonds. The predicted octanol–water partition coefficient (Wildman–Crippen LogP) is 1.93. The fourth-order valence-corrected chi connectivity index (χ4v) is 1.82. The lowest BCUT2D eigenvalue weighted by molar-refractivity contribution is 0.233. The lowest BCUT2D eigenvalue weighted by Crippen LogP contribution is -2.39. The van der Waals surface area contributed by atoms with E-state index in [9.17, 15) is 0 Å². The molecule has 0 aromatic carbocycles. The van der Waals surface area contributed by atoms with Crippen molar-refractivity contribution in [1.82, 2.24) is 4.90 Å². The molecule has 2 rings (SSSR count). The summed E-state index contributed by atoms with van der Waals surface area (Å²) >= 11 is 0. The Hall–Kier alpha value is -0.720. The molecule has 1 saturated heterocycles. The van der Waals surface area contributed by atoms with Gasteiger partial charge in [-0.2, -0.15) is 0 Å². The van der Waals surface area contributed by atoms with Crippen molar-refractivity contribution in [2.24, 2.45) is 0 Å². The minimum absolute atomic E-state index is 1.26. The Morgan fingerprint density at radius 2 is 2.20 bits per heavy atom. The summed E-state index contributed by atoms with van der Waals surface area (Å²) in [6.45, 7) is 6.39. The summed E-state index contributed by atoms with van der Waals surface area (Å²) in [4.78, 5) is 2.47. The fraction of sp³-hybridized carbons (Fsp3) is 0.556. The van der Waals surface area contributed by atoms with Gasteiger partial charge in [-0.1, -0.05) is 12.7 Å². The maximum Gasteiger partial charge on any atom is 0.0229 e. The number of rotatable bonds is 1. The molecule has 0 aromatic rings. The Morgan fingerprint density at radius 1 is 1.30 bits per heavy atom. The van der Waals surface area contributed by atoms with E-state index in [0.29, 0.717) is 0 Å². The van der Waals surface area contributed by atoms with Crippen LogP contribution >= 0.6 is 0 Å². The fourth-order valence-electron chi connectivity index (χ4n) is 1.82. The summed E-state index contributed by atoms with van der Waals surface area (Å²) in [6, 6.07) is 0. The molecule has 54 valence electrons. The number of allylic oxidation sites excluding steroid dienone is 2. The predicted molar refractivity (Wildman–Crippen MR) is 42.6 cm³/mol. The van der Waals surface area contributed by atoms with Crippen LogP contribution in [-0.4, -0.2) is 18.0 Å². The summed E-state index contributed by atoms with van der Waals surface area (Å²) in [7, 11) is 0. The molecule has 0 N–H and O–H groups in total.